The van der Waals surface area contributed by atoms with Crippen molar-refractivity contribution < 1.29 is 4.52 Å². The fourth-order valence-corrected chi connectivity index (χ4v) is 3.22. The second-order valence-electron chi connectivity index (χ2n) is 6.41. The number of nitrogens with zero attached hydrogens (tertiary/aromatic N) is 4. The van der Waals surface area contributed by atoms with Crippen molar-refractivity contribution in [2.75, 3.05) is 24.5 Å². The number of piperazine rings is 1. The monoisotopic (exact) mass is 314 g/mol. The number of aromatic nitrogens is 2. The van der Waals surface area contributed by atoms with Gasteiger partial charge in [0.2, 0.25) is 5.89 Å². The quantitative estimate of drug-likeness (QED) is 0.849. The summed E-state index contributed by atoms with van der Waals surface area (Å²) in [6.45, 7) is 10.4. The molecule has 1 aromatic heterocycles. The van der Waals surface area contributed by atoms with Crippen LogP contribution in [0.1, 0.15) is 37.5 Å². The molecule has 5 nitrogen and oxygen atoms in total. The average Bonchev–Trinajstić information content (AvgIpc) is 2.98. The zero-order valence-corrected chi connectivity index (χ0v) is 14.3. The van der Waals surface area contributed by atoms with E-state index >= 15 is 0 Å². The van der Waals surface area contributed by atoms with Crippen molar-refractivity contribution in [1.82, 2.24) is 15.0 Å². The highest BCUT2D eigenvalue weighted by Crippen LogP contribution is 2.23. The summed E-state index contributed by atoms with van der Waals surface area (Å²) in [7, 11) is 0. The molecule has 3 rings (SSSR count). The molecule has 0 radical (unpaired) electrons. The van der Waals surface area contributed by atoms with Crippen molar-refractivity contribution in [3.63, 3.8) is 0 Å². The van der Waals surface area contributed by atoms with E-state index in [9.17, 15) is 0 Å². The van der Waals surface area contributed by atoms with E-state index in [1.165, 1.54) is 11.3 Å². The van der Waals surface area contributed by atoms with Gasteiger partial charge in [-0.1, -0.05) is 30.3 Å². The molecule has 0 amide bonds. The smallest absolute Gasteiger partial charge is 0.240 e. The Hall–Kier alpha value is -1.88. The maximum Gasteiger partial charge on any atom is 0.240 e. The second-order valence-corrected chi connectivity index (χ2v) is 6.41. The van der Waals surface area contributed by atoms with Crippen molar-refractivity contribution >= 4 is 5.69 Å². The van der Waals surface area contributed by atoms with Crippen LogP contribution in [-0.4, -0.2) is 40.7 Å². The van der Waals surface area contributed by atoms with Gasteiger partial charge in [0.05, 0.1) is 6.54 Å². The normalized spacial score (nSPS) is 19.3. The van der Waals surface area contributed by atoms with Gasteiger partial charge in [-0.15, -0.1) is 0 Å². The van der Waals surface area contributed by atoms with E-state index in [0.717, 1.165) is 50.7 Å². The lowest BCUT2D eigenvalue weighted by atomic mass is 10.1. The van der Waals surface area contributed by atoms with Crippen LogP contribution in [0.25, 0.3) is 0 Å². The molecule has 0 spiro atoms. The molecular formula is C18H26N4O. The molecular weight excluding hydrogens is 288 g/mol. The first-order valence-corrected chi connectivity index (χ1v) is 8.53. The van der Waals surface area contributed by atoms with E-state index in [1.807, 2.05) is 0 Å². The van der Waals surface area contributed by atoms with Crippen molar-refractivity contribution in [1.29, 1.82) is 0 Å². The van der Waals surface area contributed by atoms with Crippen LogP contribution in [0.5, 0.6) is 0 Å². The van der Waals surface area contributed by atoms with E-state index < -0.39 is 0 Å². The summed E-state index contributed by atoms with van der Waals surface area (Å²) >= 11 is 0. The van der Waals surface area contributed by atoms with Crippen molar-refractivity contribution in [3.8, 4) is 0 Å². The maximum absolute atomic E-state index is 5.38. The molecule has 1 aliphatic rings. The molecule has 1 unspecified atom stereocenters. The Morgan fingerprint density at radius 1 is 1.26 bits per heavy atom. The molecule has 0 N–H and O–H groups in total. The molecule has 1 fully saturated rings. The highest BCUT2D eigenvalue weighted by molar-refractivity contribution is 5.53. The van der Waals surface area contributed by atoms with E-state index in [0.29, 0.717) is 6.04 Å². The lowest BCUT2D eigenvalue weighted by molar-refractivity contribution is 0.159. The topological polar surface area (TPSA) is 45.4 Å². The Morgan fingerprint density at radius 3 is 2.83 bits per heavy atom. The number of para-hydroxylation sites is 1. The van der Waals surface area contributed by atoms with E-state index in [-0.39, 0.29) is 0 Å². The van der Waals surface area contributed by atoms with Gasteiger partial charge < -0.3 is 9.42 Å². The standard InChI is InChI=1S/C18H26N4O/c1-4-7-17-19-18(23-20-17)13-21-10-11-22(12-15(21)3)16-9-6-5-8-14(16)2/h5-6,8-9,15H,4,7,10-13H2,1-3H3. The van der Waals surface area contributed by atoms with Gasteiger partial charge in [-0.25, -0.2) is 0 Å². The Bertz CT molecular complexity index is 639. The van der Waals surface area contributed by atoms with Crippen LogP contribution in [0.2, 0.25) is 0 Å². The van der Waals surface area contributed by atoms with Gasteiger partial charge in [-0.05, 0) is 31.9 Å². The van der Waals surface area contributed by atoms with Gasteiger partial charge >= 0.3 is 0 Å². The summed E-state index contributed by atoms with van der Waals surface area (Å²) in [4.78, 5) is 9.39. The van der Waals surface area contributed by atoms with Gasteiger partial charge in [0.1, 0.15) is 0 Å². The van der Waals surface area contributed by atoms with Gasteiger partial charge in [0, 0.05) is 37.8 Å². The minimum Gasteiger partial charge on any atom is -0.368 e. The van der Waals surface area contributed by atoms with Crippen molar-refractivity contribution in [3.05, 3.63) is 41.5 Å². The minimum absolute atomic E-state index is 0.463. The first kappa shape index (κ1) is 16.0. The number of anilines is 1. The molecule has 5 heteroatoms. The number of rotatable bonds is 5. The highest BCUT2D eigenvalue weighted by atomic mass is 16.5. The molecule has 0 bridgehead atoms. The van der Waals surface area contributed by atoms with E-state index in [1.54, 1.807) is 0 Å². The molecule has 0 aliphatic carbocycles. The second kappa shape index (κ2) is 7.13. The zero-order chi connectivity index (χ0) is 16.2. The first-order chi connectivity index (χ1) is 11.2. The Labute approximate surface area is 138 Å². The Morgan fingerprint density at radius 2 is 2.09 bits per heavy atom. The van der Waals surface area contributed by atoms with Crippen molar-refractivity contribution in [2.45, 2.75) is 46.2 Å². The molecule has 2 heterocycles. The summed E-state index contributed by atoms with van der Waals surface area (Å²) in [5, 5.41) is 4.05. The van der Waals surface area contributed by atoms with Crippen LogP contribution in [0.3, 0.4) is 0 Å². The molecule has 1 atom stereocenters. The summed E-state index contributed by atoms with van der Waals surface area (Å²) < 4.78 is 5.38. The van der Waals surface area contributed by atoms with Crippen LogP contribution in [-0.2, 0) is 13.0 Å². The lowest BCUT2D eigenvalue weighted by Crippen LogP contribution is -2.51. The Kier molecular flexibility index (Phi) is 4.96. The SMILES string of the molecule is CCCc1noc(CN2CCN(c3ccccc3C)CC2C)n1. The molecule has 1 aliphatic heterocycles. The van der Waals surface area contributed by atoms with E-state index in [4.69, 9.17) is 4.52 Å². The predicted octanol–water partition coefficient (Wildman–Crippen LogP) is 3.04. The maximum atomic E-state index is 5.38. The van der Waals surface area contributed by atoms with Gasteiger partial charge in [0.15, 0.2) is 5.82 Å². The molecule has 124 valence electrons. The number of aryl methyl sites for hydroxylation is 2. The van der Waals surface area contributed by atoms with Crippen molar-refractivity contribution in [2.24, 2.45) is 0 Å². The van der Waals surface area contributed by atoms with Crippen LogP contribution >= 0.6 is 0 Å². The molecule has 2 aromatic rings. The van der Waals surface area contributed by atoms with Crippen LogP contribution in [0.4, 0.5) is 5.69 Å². The van der Waals surface area contributed by atoms with E-state index in [2.05, 4.69) is 65.0 Å². The van der Waals surface area contributed by atoms with Gasteiger partial charge in [-0.3, -0.25) is 4.90 Å². The minimum atomic E-state index is 0.463. The third-order valence-electron chi connectivity index (χ3n) is 4.54. The first-order valence-electron chi connectivity index (χ1n) is 8.53. The summed E-state index contributed by atoms with van der Waals surface area (Å²) in [5.41, 5.74) is 2.69. The largest absolute Gasteiger partial charge is 0.368 e. The van der Waals surface area contributed by atoms with Gasteiger partial charge in [0.25, 0.3) is 0 Å². The van der Waals surface area contributed by atoms with Crippen LogP contribution in [0.15, 0.2) is 28.8 Å². The number of benzene rings is 1. The fraction of sp³-hybridized carbons (Fsp3) is 0.556. The third kappa shape index (κ3) is 3.72. The highest BCUT2D eigenvalue weighted by Gasteiger charge is 2.25. The van der Waals surface area contributed by atoms with Crippen LogP contribution in [0, 0.1) is 6.92 Å². The predicted molar refractivity (Wildman–Crippen MR) is 91.6 cm³/mol. The average molecular weight is 314 g/mol. The van der Waals surface area contributed by atoms with Gasteiger partial charge in [-0.2, -0.15) is 4.98 Å². The molecule has 1 saturated heterocycles. The summed E-state index contributed by atoms with van der Waals surface area (Å²) in [6.07, 6.45) is 1.94. The molecule has 0 saturated carbocycles. The Balaban J connectivity index is 1.61. The van der Waals surface area contributed by atoms with Crippen LogP contribution < -0.4 is 4.90 Å². The summed E-state index contributed by atoms with van der Waals surface area (Å²) in [6, 6.07) is 9.08. The molecule has 1 aromatic carbocycles. The molecule has 23 heavy (non-hydrogen) atoms. The number of hydrogen-bond acceptors (Lipinski definition) is 5. The third-order valence-corrected chi connectivity index (χ3v) is 4.54. The summed E-state index contributed by atoms with van der Waals surface area (Å²) in [5.74, 6) is 1.57. The lowest BCUT2D eigenvalue weighted by Gasteiger charge is -2.40. The zero-order valence-electron chi connectivity index (χ0n) is 14.3. The number of hydrogen-bond donors (Lipinski definition) is 0. The fourth-order valence-electron chi connectivity index (χ4n) is 3.22.